The van der Waals surface area contributed by atoms with Crippen LogP contribution in [0.15, 0.2) is 97.1 Å². The number of carbonyl (C=O) groups excluding carboxylic acids is 4. The molecule has 0 saturated carbocycles. The Bertz CT molecular complexity index is 2030. The lowest BCUT2D eigenvalue weighted by Gasteiger charge is -2.26. The number of carboxylic acids is 1. The summed E-state index contributed by atoms with van der Waals surface area (Å²) in [5, 5.41) is 20.9. The van der Waals surface area contributed by atoms with Crippen molar-refractivity contribution in [3.05, 3.63) is 135 Å². The minimum absolute atomic E-state index is 0.0366. The van der Waals surface area contributed by atoms with E-state index in [0.717, 1.165) is 17.7 Å². The van der Waals surface area contributed by atoms with Gasteiger partial charge in [-0.2, -0.15) is 13.2 Å². The maximum absolute atomic E-state index is 14.2. The summed E-state index contributed by atoms with van der Waals surface area (Å²) in [4.78, 5) is 67.6. The number of halogens is 5. The number of aliphatic carboxylic acids is 1. The van der Waals surface area contributed by atoms with Crippen LogP contribution in [-0.2, 0) is 55.8 Å². The maximum Gasteiger partial charge on any atom is 0.416 e. The molecule has 2 bridgehead atoms. The van der Waals surface area contributed by atoms with Crippen molar-refractivity contribution in [2.75, 3.05) is 6.61 Å². The maximum atomic E-state index is 14.2. The molecule has 16 heteroatoms. The Morgan fingerprint density at radius 3 is 1.98 bits per heavy atom. The second-order valence-electron chi connectivity index (χ2n) is 13.1. The van der Waals surface area contributed by atoms with E-state index in [9.17, 15) is 42.3 Å². The first kappa shape index (κ1) is 41.6. The molecule has 0 unspecified atom stereocenters. The predicted molar refractivity (Wildman–Crippen MR) is 201 cm³/mol. The highest BCUT2D eigenvalue weighted by Crippen LogP contribution is 2.29. The summed E-state index contributed by atoms with van der Waals surface area (Å²) < 4.78 is 45.5. The quantitative estimate of drug-likeness (QED) is 0.155. The van der Waals surface area contributed by atoms with Crippen molar-refractivity contribution in [2.45, 2.75) is 62.4 Å². The Labute approximate surface area is 329 Å². The fourth-order valence-electron chi connectivity index (χ4n) is 5.98. The standard InChI is InChI=1S/C40H37Cl2F3N4O7/c41-28-14-11-26(30(42)21-28)20-33-38(53)47-31(17-10-23-4-2-1-3-5-23)36(51)49-34(39(54)55)19-25-8-15-29(16-9-25)56-22-35(50)46-32(37(52)48-33)18-24-6-12-27(13-7-24)40(43,44)45/h1-9,11-16,21,31-34H,10,17-20,22H2,(H,46,50)(H,47,53)(H,48,52)(H,49,51)(H,54,55)/t31-,32-,33+,34-/m1/s1. The van der Waals surface area contributed by atoms with E-state index < -0.39 is 72.1 Å². The summed E-state index contributed by atoms with van der Waals surface area (Å²) in [6, 6.07) is 18.2. The third kappa shape index (κ3) is 11.9. The van der Waals surface area contributed by atoms with Crippen LogP contribution in [0.3, 0.4) is 0 Å². The monoisotopic (exact) mass is 812 g/mol. The summed E-state index contributed by atoms with van der Waals surface area (Å²) >= 11 is 12.6. The lowest BCUT2D eigenvalue weighted by Crippen LogP contribution is -2.59. The molecule has 5 N–H and O–H groups in total. The van der Waals surface area contributed by atoms with Crippen LogP contribution in [0.1, 0.15) is 34.2 Å². The smallest absolute Gasteiger partial charge is 0.416 e. The minimum atomic E-state index is -4.60. The van der Waals surface area contributed by atoms with Gasteiger partial charge in [-0.1, -0.05) is 83.9 Å². The zero-order chi connectivity index (χ0) is 40.4. The van der Waals surface area contributed by atoms with Crippen LogP contribution in [0.4, 0.5) is 13.2 Å². The average Bonchev–Trinajstić information content (AvgIpc) is 3.16. The van der Waals surface area contributed by atoms with Crippen LogP contribution in [0, 0.1) is 0 Å². The summed E-state index contributed by atoms with van der Waals surface area (Å²) in [5.41, 5.74) is 1.09. The molecule has 4 amide bonds. The molecule has 294 valence electrons. The highest BCUT2D eigenvalue weighted by Gasteiger charge is 2.33. The highest BCUT2D eigenvalue weighted by atomic mass is 35.5. The largest absolute Gasteiger partial charge is 0.484 e. The Hall–Kier alpha value is -5.60. The van der Waals surface area contributed by atoms with Gasteiger partial charge in [0, 0.05) is 29.3 Å². The number of fused-ring (bicyclic) bond motifs is 16. The molecule has 0 saturated heterocycles. The number of alkyl halides is 3. The fraction of sp³-hybridized carbons (Fsp3) is 0.275. The van der Waals surface area contributed by atoms with Crippen molar-refractivity contribution in [2.24, 2.45) is 0 Å². The van der Waals surface area contributed by atoms with Gasteiger partial charge >= 0.3 is 12.1 Å². The van der Waals surface area contributed by atoms with Gasteiger partial charge in [0.05, 0.1) is 5.56 Å². The molecule has 4 atom stereocenters. The van der Waals surface area contributed by atoms with Gasteiger partial charge in [-0.15, -0.1) is 0 Å². The number of amides is 4. The molecule has 6 rings (SSSR count). The normalized spacial score (nSPS) is 19.9. The van der Waals surface area contributed by atoms with E-state index in [4.69, 9.17) is 27.9 Å². The summed E-state index contributed by atoms with van der Waals surface area (Å²) in [6.45, 7) is -0.572. The van der Waals surface area contributed by atoms with Crippen molar-refractivity contribution in [1.29, 1.82) is 0 Å². The number of benzene rings is 4. The number of rotatable bonds is 8. The number of ether oxygens (including phenoxy) is 1. The molecule has 0 radical (unpaired) electrons. The van der Waals surface area contributed by atoms with Gasteiger partial charge in [0.1, 0.15) is 29.9 Å². The van der Waals surface area contributed by atoms with Crippen molar-refractivity contribution in [3.8, 4) is 5.75 Å². The van der Waals surface area contributed by atoms with E-state index in [1.54, 1.807) is 30.3 Å². The van der Waals surface area contributed by atoms with Crippen molar-refractivity contribution in [3.63, 3.8) is 0 Å². The van der Waals surface area contributed by atoms with Crippen molar-refractivity contribution >= 4 is 52.8 Å². The topological polar surface area (TPSA) is 163 Å². The first-order valence-electron chi connectivity index (χ1n) is 17.4. The fourth-order valence-corrected chi connectivity index (χ4v) is 6.46. The van der Waals surface area contributed by atoms with E-state index in [1.165, 1.54) is 36.4 Å². The number of carboxylic acid groups (broad SMARTS) is 1. The van der Waals surface area contributed by atoms with Gasteiger partial charge in [-0.05, 0) is 71.5 Å². The SMILES string of the molecule is O=C1COc2ccc(cc2)C[C@H](C(=O)O)NC(=O)[C@@H](CCc2ccccc2)NC(=O)[C@H](Cc2ccc(Cl)cc2Cl)NC(=O)[C@@H](Cc2ccc(C(F)(F)F)cc2)N1. The van der Waals surface area contributed by atoms with Crippen LogP contribution in [-0.4, -0.2) is 65.5 Å². The molecule has 0 spiro atoms. The van der Waals surface area contributed by atoms with Gasteiger partial charge < -0.3 is 31.1 Å². The molecule has 2 heterocycles. The molecule has 0 aliphatic carbocycles. The first-order chi connectivity index (χ1) is 26.6. The molecule has 11 nitrogen and oxygen atoms in total. The zero-order valence-electron chi connectivity index (χ0n) is 29.6. The van der Waals surface area contributed by atoms with Crippen LogP contribution < -0.4 is 26.0 Å². The third-order valence-corrected chi connectivity index (χ3v) is 9.58. The van der Waals surface area contributed by atoms with Crippen LogP contribution in [0.2, 0.25) is 10.0 Å². The lowest BCUT2D eigenvalue weighted by atomic mass is 10.00. The van der Waals surface area contributed by atoms with Crippen LogP contribution >= 0.6 is 23.2 Å². The molecule has 2 aliphatic heterocycles. The molecular formula is C40H37Cl2F3N4O7. The van der Waals surface area contributed by atoms with Crippen LogP contribution in [0.25, 0.3) is 0 Å². The molecule has 4 aromatic carbocycles. The van der Waals surface area contributed by atoms with Crippen molar-refractivity contribution < 1.29 is 47.0 Å². The Morgan fingerprint density at radius 2 is 1.36 bits per heavy atom. The predicted octanol–water partition coefficient (Wildman–Crippen LogP) is 5.09. The van der Waals surface area contributed by atoms with Crippen LogP contribution in [0.5, 0.6) is 5.75 Å². The van der Waals surface area contributed by atoms with Gasteiger partial charge in [0.15, 0.2) is 6.61 Å². The van der Waals surface area contributed by atoms with Crippen molar-refractivity contribution in [1.82, 2.24) is 21.3 Å². The molecule has 56 heavy (non-hydrogen) atoms. The number of nitrogens with one attached hydrogen (secondary N) is 4. The summed E-state index contributed by atoms with van der Waals surface area (Å²) in [7, 11) is 0. The number of carbonyl (C=O) groups is 5. The Morgan fingerprint density at radius 1 is 0.732 bits per heavy atom. The van der Waals surface area contributed by atoms with Gasteiger partial charge in [-0.25, -0.2) is 4.79 Å². The number of aryl methyl sites for hydroxylation is 1. The van der Waals surface area contributed by atoms with E-state index in [1.807, 2.05) is 18.2 Å². The Kier molecular flexibility index (Phi) is 14.0. The third-order valence-electron chi connectivity index (χ3n) is 8.99. The van der Waals surface area contributed by atoms with Gasteiger partial charge in [-0.3, -0.25) is 19.2 Å². The molecule has 0 fully saturated rings. The zero-order valence-corrected chi connectivity index (χ0v) is 31.1. The number of hydrogen-bond donors (Lipinski definition) is 5. The molecule has 2 aliphatic rings. The minimum Gasteiger partial charge on any atom is -0.484 e. The second-order valence-corrected chi connectivity index (χ2v) is 14.0. The highest BCUT2D eigenvalue weighted by molar-refractivity contribution is 6.35. The molecular weight excluding hydrogens is 776 g/mol. The second kappa shape index (κ2) is 18.8. The molecule has 4 aromatic rings. The molecule has 0 aromatic heterocycles. The van der Waals surface area contributed by atoms with E-state index >= 15 is 0 Å². The van der Waals surface area contributed by atoms with E-state index in [2.05, 4.69) is 21.3 Å². The summed E-state index contributed by atoms with van der Waals surface area (Å²) in [5.74, 6) is -4.38. The Balaban J connectivity index is 1.51. The van der Waals surface area contributed by atoms with Gasteiger partial charge in [0.25, 0.3) is 5.91 Å². The van der Waals surface area contributed by atoms with E-state index in [0.29, 0.717) is 22.6 Å². The lowest BCUT2D eigenvalue weighted by molar-refractivity contribution is -0.142. The number of hydrogen-bond acceptors (Lipinski definition) is 6. The summed E-state index contributed by atoms with van der Waals surface area (Å²) in [6.07, 6.45) is -4.89. The van der Waals surface area contributed by atoms with E-state index in [-0.39, 0.29) is 42.0 Å². The van der Waals surface area contributed by atoms with Gasteiger partial charge in [0.2, 0.25) is 17.7 Å². The average molecular weight is 814 g/mol. The first-order valence-corrected chi connectivity index (χ1v) is 18.2.